The Bertz CT molecular complexity index is 859. The molecular weight excluding hydrogens is 246 g/mol. The lowest BCUT2D eigenvalue weighted by Gasteiger charge is -2.20. The van der Waals surface area contributed by atoms with Gasteiger partial charge in [0.2, 0.25) is 0 Å². The maximum Gasteiger partial charge on any atom is 0.130 e. The van der Waals surface area contributed by atoms with Crippen LogP contribution in [0.3, 0.4) is 0 Å². The first-order chi connectivity index (χ1) is 9.92. The molecule has 1 aliphatic carbocycles. The largest absolute Gasteiger partial charge is 0.485 e. The molecule has 2 aliphatic rings. The summed E-state index contributed by atoms with van der Waals surface area (Å²) in [6.07, 6.45) is 4.50. The van der Waals surface area contributed by atoms with Gasteiger partial charge in [0.15, 0.2) is 0 Å². The van der Waals surface area contributed by atoms with Crippen LogP contribution in [0.15, 0.2) is 54.6 Å². The molecule has 2 heteroatoms. The van der Waals surface area contributed by atoms with E-state index in [1.165, 1.54) is 27.7 Å². The average molecular weight is 259 g/mol. The number of nitrogens with one attached hydrogen (secondary N) is 1. The van der Waals surface area contributed by atoms with Crippen molar-refractivity contribution in [3.8, 4) is 5.75 Å². The van der Waals surface area contributed by atoms with Gasteiger partial charge < -0.3 is 9.72 Å². The Morgan fingerprint density at radius 2 is 1.80 bits per heavy atom. The first-order valence-corrected chi connectivity index (χ1v) is 6.96. The molecule has 0 saturated carbocycles. The summed E-state index contributed by atoms with van der Waals surface area (Å²) in [5.41, 5.74) is 5.08. The Balaban J connectivity index is 1.82. The van der Waals surface area contributed by atoms with Gasteiger partial charge in [-0.05, 0) is 18.2 Å². The summed E-state index contributed by atoms with van der Waals surface area (Å²) in [4.78, 5) is 3.60. The van der Waals surface area contributed by atoms with E-state index in [0.717, 1.165) is 5.75 Å². The van der Waals surface area contributed by atoms with Crippen LogP contribution in [0.2, 0.25) is 0 Å². The van der Waals surface area contributed by atoms with Crippen molar-refractivity contribution in [3.05, 3.63) is 71.4 Å². The zero-order valence-corrected chi connectivity index (χ0v) is 10.8. The molecule has 3 aromatic rings. The quantitative estimate of drug-likeness (QED) is 0.646. The van der Waals surface area contributed by atoms with Crippen LogP contribution in [0.5, 0.6) is 5.75 Å². The highest BCUT2D eigenvalue weighted by atomic mass is 16.5. The molecule has 0 saturated heterocycles. The minimum atomic E-state index is 0.118. The molecule has 2 nitrogen and oxygen atoms in total. The summed E-state index contributed by atoms with van der Waals surface area (Å²) < 4.78 is 6.06. The van der Waals surface area contributed by atoms with Gasteiger partial charge in [-0.25, -0.2) is 0 Å². The van der Waals surface area contributed by atoms with Crippen molar-refractivity contribution in [1.82, 2.24) is 4.98 Å². The van der Waals surface area contributed by atoms with Crippen LogP contribution >= 0.6 is 0 Å². The molecule has 0 bridgehead atoms. The van der Waals surface area contributed by atoms with Gasteiger partial charge in [-0.15, -0.1) is 0 Å². The fourth-order valence-corrected chi connectivity index (χ4v) is 3.51. The molecule has 5 rings (SSSR count). The topological polar surface area (TPSA) is 25.0 Å². The van der Waals surface area contributed by atoms with Gasteiger partial charge in [0.1, 0.15) is 11.9 Å². The minimum absolute atomic E-state index is 0.118. The number of benzene rings is 2. The fraction of sp³-hybridized carbons (Fsp3) is 0.111. The molecule has 1 aromatic heterocycles. The summed E-state index contributed by atoms with van der Waals surface area (Å²) in [6.45, 7) is 0. The monoisotopic (exact) mass is 259 g/mol. The number of fused-ring (bicyclic) bond motifs is 7. The van der Waals surface area contributed by atoms with E-state index in [9.17, 15) is 0 Å². The van der Waals surface area contributed by atoms with Crippen LogP contribution in [-0.4, -0.2) is 11.1 Å². The fourth-order valence-electron chi connectivity index (χ4n) is 3.51. The molecule has 20 heavy (non-hydrogen) atoms. The van der Waals surface area contributed by atoms with E-state index < -0.39 is 0 Å². The van der Waals surface area contributed by atoms with Crippen molar-refractivity contribution in [3.63, 3.8) is 0 Å². The first kappa shape index (κ1) is 10.3. The van der Waals surface area contributed by atoms with E-state index in [-0.39, 0.29) is 6.10 Å². The van der Waals surface area contributed by atoms with Gasteiger partial charge >= 0.3 is 0 Å². The van der Waals surface area contributed by atoms with Gasteiger partial charge in [-0.3, -0.25) is 0 Å². The minimum Gasteiger partial charge on any atom is -0.485 e. The number of aromatic nitrogens is 1. The van der Waals surface area contributed by atoms with Crippen molar-refractivity contribution in [2.24, 2.45) is 0 Å². The lowest BCUT2D eigenvalue weighted by Crippen LogP contribution is -2.20. The van der Waals surface area contributed by atoms with Crippen LogP contribution in [0.1, 0.15) is 22.7 Å². The van der Waals surface area contributed by atoms with E-state index in [4.69, 9.17) is 4.74 Å². The van der Waals surface area contributed by atoms with E-state index in [2.05, 4.69) is 59.6 Å². The molecule has 0 spiro atoms. The molecule has 1 N–H and O–H groups in total. The van der Waals surface area contributed by atoms with Crippen LogP contribution in [0.25, 0.3) is 17.0 Å². The average Bonchev–Trinajstić information content (AvgIpc) is 3.04. The summed E-state index contributed by atoms with van der Waals surface area (Å²) in [5.74, 6) is 1.30. The van der Waals surface area contributed by atoms with Crippen LogP contribution < -0.4 is 4.74 Å². The van der Waals surface area contributed by atoms with Crippen LogP contribution in [-0.2, 0) is 0 Å². The zero-order chi connectivity index (χ0) is 13.1. The van der Waals surface area contributed by atoms with Crippen LogP contribution in [0.4, 0.5) is 0 Å². The summed E-state index contributed by atoms with van der Waals surface area (Å²) in [7, 11) is 0. The lowest BCUT2D eigenvalue weighted by atomic mass is 9.86. The highest BCUT2D eigenvalue weighted by Crippen LogP contribution is 2.47. The van der Waals surface area contributed by atoms with Crippen molar-refractivity contribution >= 4 is 17.0 Å². The van der Waals surface area contributed by atoms with Gasteiger partial charge in [0.05, 0.1) is 5.92 Å². The molecule has 96 valence electrons. The number of H-pyrrole nitrogens is 1. The van der Waals surface area contributed by atoms with Gasteiger partial charge in [0.25, 0.3) is 0 Å². The highest BCUT2D eigenvalue weighted by Gasteiger charge is 2.38. The Morgan fingerprint density at radius 1 is 0.950 bits per heavy atom. The molecular formula is C18H13NO. The van der Waals surface area contributed by atoms with Crippen molar-refractivity contribution in [2.45, 2.75) is 12.0 Å². The third-order valence-electron chi connectivity index (χ3n) is 4.39. The number of aromatic amines is 1. The second-order valence-corrected chi connectivity index (χ2v) is 5.46. The first-order valence-electron chi connectivity index (χ1n) is 6.96. The Labute approximate surface area is 116 Å². The Hall–Kier alpha value is -2.48. The normalized spacial score (nSPS) is 22.2. The maximum absolute atomic E-state index is 6.06. The molecule has 0 radical (unpaired) electrons. The van der Waals surface area contributed by atoms with Gasteiger partial charge in [-0.2, -0.15) is 0 Å². The maximum atomic E-state index is 6.06. The summed E-state index contributed by atoms with van der Waals surface area (Å²) in [5, 5.41) is 1.29. The molecule has 0 fully saturated rings. The highest BCUT2D eigenvalue weighted by molar-refractivity contribution is 5.92. The lowest BCUT2D eigenvalue weighted by molar-refractivity contribution is 0.266. The smallest absolute Gasteiger partial charge is 0.130 e. The van der Waals surface area contributed by atoms with Crippen molar-refractivity contribution in [1.29, 1.82) is 0 Å². The number of ether oxygens (including phenoxy) is 1. The second-order valence-electron chi connectivity index (χ2n) is 5.46. The van der Waals surface area contributed by atoms with Gasteiger partial charge in [0, 0.05) is 27.7 Å². The second kappa shape index (κ2) is 3.54. The molecule has 0 amide bonds. The molecule has 1 aliphatic heterocycles. The standard InChI is InChI=1S/C18H13NO/c1-3-7-14-11(5-1)12-9-10-16-17(18(12)19-14)13-6-2-4-8-15(13)20-16/h1-10,16-17,19H. The van der Waals surface area contributed by atoms with E-state index >= 15 is 0 Å². The molecule has 2 unspecified atom stereocenters. The van der Waals surface area contributed by atoms with Crippen molar-refractivity contribution < 1.29 is 4.74 Å². The number of hydrogen-bond donors (Lipinski definition) is 1. The third kappa shape index (κ3) is 1.19. The van der Waals surface area contributed by atoms with Crippen molar-refractivity contribution in [2.75, 3.05) is 0 Å². The van der Waals surface area contributed by atoms with Crippen LogP contribution in [0, 0.1) is 0 Å². The van der Waals surface area contributed by atoms with E-state index in [1.807, 2.05) is 6.07 Å². The van der Waals surface area contributed by atoms with E-state index in [1.54, 1.807) is 0 Å². The Morgan fingerprint density at radius 3 is 2.80 bits per heavy atom. The molecule has 2 atom stereocenters. The summed E-state index contributed by atoms with van der Waals surface area (Å²) >= 11 is 0. The molecule has 2 aromatic carbocycles. The predicted octanol–water partition coefficient (Wildman–Crippen LogP) is 4.09. The SMILES string of the molecule is C1=CC2Oc3ccccc3C2c2[nH]c3ccccc3c21. The predicted molar refractivity (Wildman–Crippen MR) is 80.0 cm³/mol. The van der Waals surface area contributed by atoms with E-state index in [0.29, 0.717) is 5.92 Å². The number of hydrogen-bond acceptors (Lipinski definition) is 1. The third-order valence-corrected chi connectivity index (χ3v) is 4.39. The zero-order valence-electron chi connectivity index (χ0n) is 10.8. The Kier molecular flexibility index (Phi) is 1.83. The number of rotatable bonds is 0. The molecule has 2 heterocycles. The summed E-state index contributed by atoms with van der Waals surface area (Å²) in [6, 6.07) is 16.8. The number of para-hydroxylation sites is 2. The van der Waals surface area contributed by atoms with Gasteiger partial charge in [-0.1, -0.05) is 42.5 Å².